The number of rotatable bonds is 10. The summed E-state index contributed by atoms with van der Waals surface area (Å²) in [6.45, 7) is 4.31. The van der Waals surface area contributed by atoms with Crippen LogP contribution in [0, 0.1) is 5.82 Å². The van der Waals surface area contributed by atoms with Crippen LogP contribution in [-0.2, 0) is 17.8 Å². The Morgan fingerprint density at radius 3 is 2.83 bits per heavy atom. The summed E-state index contributed by atoms with van der Waals surface area (Å²) in [6.07, 6.45) is 2.00. The Kier molecular flexibility index (Phi) is 8.23. The van der Waals surface area contributed by atoms with Gasteiger partial charge in [0, 0.05) is 30.2 Å². The molecular formula is C23H29FN4O2. The number of aromatic amines is 1. The number of fused-ring (bicyclic) bond motifs is 1. The number of aliphatic imine (C=N–C) groups is 1. The molecule has 3 aromatic rings. The number of aromatic nitrogens is 1. The van der Waals surface area contributed by atoms with Gasteiger partial charge in [-0.05, 0) is 42.7 Å². The van der Waals surface area contributed by atoms with Gasteiger partial charge in [0.15, 0.2) is 5.96 Å². The number of hydrogen-bond donors (Lipinski definition) is 4. The standard InChI is InChI=1S/C23H29FN4O2/c1-2-25-23(28-14-20(29)16-30-15-17-6-4-3-5-7-17)26-11-10-18-13-27-22-12-19(24)8-9-21(18)22/h3-9,12-13,20,27,29H,2,10-11,14-16H2,1H3,(H2,25,26,28). The first-order valence-corrected chi connectivity index (χ1v) is 10.2. The molecule has 2 aromatic carbocycles. The molecule has 30 heavy (non-hydrogen) atoms. The van der Waals surface area contributed by atoms with Crippen LogP contribution in [0.2, 0.25) is 0 Å². The highest BCUT2D eigenvalue weighted by Gasteiger charge is 2.07. The summed E-state index contributed by atoms with van der Waals surface area (Å²) in [4.78, 5) is 7.54. The fourth-order valence-corrected chi connectivity index (χ4v) is 3.16. The molecule has 6 nitrogen and oxygen atoms in total. The molecule has 0 fully saturated rings. The van der Waals surface area contributed by atoms with Crippen LogP contribution in [-0.4, -0.2) is 48.4 Å². The fourth-order valence-electron chi connectivity index (χ4n) is 3.16. The third-order valence-electron chi connectivity index (χ3n) is 4.64. The van der Waals surface area contributed by atoms with Gasteiger partial charge < -0.3 is 25.5 Å². The number of guanidine groups is 1. The lowest BCUT2D eigenvalue weighted by Gasteiger charge is -2.13. The summed E-state index contributed by atoms with van der Waals surface area (Å²) >= 11 is 0. The lowest BCUT2D eigenvalue weighted by atomic mass is 10.1. The zero-order valence-electron chi connectivity index (χ0n) is 17.2. The molecule has 7 heteroatoms. The summed E-state index contributed by atoms with van der Waals surface area (Å²) in [5.41, 5.74) is 2.98. The monoisotopic (exact) mass is 412 g/mol. The van der Waals surface area contributed by atoms with Crippen molar-refractivity contribution >= 4 is 16.9 Å². The third-order valence-corrected chi connectivity index (χ3v) is 4.64. The van der Waals surface area contributed by atoms with E-state index in [1.54, 1.807) is 6.07 Å². The molecule has 160 valence electrons. The lowest BCUT2D eigenvalue weighted by molar-refractivity contribution is 0.0331. The van der Waals surface area contributed by atoms with Crippen molar-refractivity contribution in [3.05, 3.63) is 71.7 Å². The number of ether oxygens (including phenoxy) is 1. The van der Waals surface area contributed by atoms with E-state index in [4.69, 9.17) is 4.74 Å². The van der Waals surface area contributed by atoms with Crippen molar-refractivity contribution in [1.82, 2.24) is 15.6 Å². The number of nitrogens with zero attached hydrogens (tertiary/aromatic N) is 1. The molecular weight excluding hydrogens is 383 g/mol. The van der Waals surface area contributed by atoms with Crippen LogP contribution < -0.4 is 10.6 Å². The summed E-state index contributed by atoms with van der Waals surface area (Å²) in [5.74, 6) is 0.396. The smallest absolute Gasteiger partial charge is 0.191 e. The maximum atomic E-state index is 13.3. The van der Waals surface area contributed by atoms with Gasteiger partial charge in [0.05, 0.1) is 25.9 Å². The number of aliphatic hydroxyl groups excluding tert-OH is 1. The maximum Gasteiger partial charge on any atom is 0.191 e. The highest BCUT2D eigenvalue weighted by atomic mass is 19.1. The number of halogens is 1. The van der Waals surface area contributed by atoms with Crippen molar-refractivity contribution in [3.63, 3.8) is 0 Å². The second-order valence-electron chi connectivity index (χ2n) is 7.05. The van der Waals surface area contributed by atoms with Gasteiger partial charge in [-0.3, -0.25) is 4.99 Å². The first-order chi connectivity index (χ1) is 14.7. The lowest BCUT2D eigenvalue weighted by Crippen LogP contribution is -2.39. The van der Waals surface area contributed by atoms with Gasteiger partial charge in [-0.2, -0.15) is 0 Å². The Bertz CT molecular complexity index is 943. The van der Waals surface area contributed by atoms with Crippen LogP contribution in [0.4, 0.5) is 4.39 Å². The number of nitrogens with one attached hydrogen (secondary N) is 3. The number of hydrogen-bond acceptors (Lipinski definition) is 3. The van der Waals surface area contributed by atoms with Gasteiger partial charge in [0.25, 0.3) is 0 Å². The van der Waals surface area contributed by atoms with Crippen LogP contribution in [0.25, 0.3) is 10.9 Å². The first-order valence-electron chi connectivity index (χ1n) is 10.2. The van der Waals surface area contributed by atoms with Crippen molar-refractivity contribution in [2.45, 2.75) is 26.1 Å². The fraction of sp³-hybridized carbons (Fsp3) is 0.348. The van der Waals surface area contributed by atoms with E-state index in [0.717, 1.165) is 35.0 Å². The van der Waals surface area contributed by atoms with Gasteiger partial charge in [-0.25, -0.2) is 4.39 Å². The summed E-state index contributed by atoms with van der Waals surface area (Å²) in [5, 5.41) is 17.6. The predicted molar refractivity (Wildman–Crippen MR) is 118 cm³/mol. The second-order valence-corrected chi connectivity index (χ2v) is 7.05. The molecule has 1 unspecified atom stereocenters. The van der Waals surface area contributed by atoms with E-state index >= 15 is 0 Å². The molecule has 1 heterocycles. The van der Waals surface area contributed by atoms with Crippen molar-refractivity contribution in [1.29, 1.82) is 0 Å². The Morgan fingerprint density at radius 1 is 1.20 bits per heavy atom. The maximum absolute atomic E-state index is 13.3. The van der Waals surface area contributed by atoms with Crippen LogP contribution in [0.5, 0.6) is 0 Å². The molecule has 0 radical (unpaired) electrons. The normalized spacial score (nSPS) is 12.8. The van der Waals surface area contributed by atoms with Crippen LogP contribution in [0.1, 0.15) is 18.1 Å². The first kappa shape index (κ1) is 21.8. The number of benzene rings is 2. The molecule has 0 spiro atoms. The molecule has 0 amide bonds. The molecule has 3 rings (SSSR count). The Hall–Kier alpha value is -2.90. The van der Waals surface area contributed by atoms with E-state index in [1.807, 2.05) is 43.5 Å². The van der Waals surface area contributed by atoms with E-state index < -0.39 is 6.10 Å². The Balaban J connectivity index is 1.44. The zero-order valence-corrected chi connectivity index (χ0v) is 17.2. The quantitative estimate of drug-likeness (QED) is 0.305. The van der Waals surface area contributed by atoms with E-state index in [1.165, 1.54) is 12.1 Å². The highest BCUT2D eigenvalue weighted by molar-refractivity contribution is 5.83. The highest BCUT2D eigenvalue weighted by Crippen LogP contribution is 2.19. The van der Waals surface area contributed by atoms with Crippen LogP contribution in [0.15, 0.2) is 59.7 Å². The van der Waals surface area contributed by atoms with Gasteiger partial charge in [-0.15, -0.1) is 0 Å². The number of aliphatic hydroxyl groups is 1. The van der Waals surface area contributed by atoms with E-state index in [9.17, 15) is 9.50 Å². The minimum atomic E-state index is -0.673. The van der Waals surface area contributed by atoms with Crippen molar-refractivity contribution in [2.24, 2.45) is 4.99 Å². The summed E-state index contributed by atoms with van der Waals surface area (Å²) in [7, 11) is 0. The molecule has 0 aliphatic heterocycles. The van der Waals surface area contributed by atoms with E-state index in [2.05, 4.69) is 20.6 Å². The van der Waals surface area contributed by atoms with Gasteiger partial charge in [-0.1, -0.05) is 30.3 Å². The van der Waals surface area contributed by atoms with Gasteiger partial charge >= 0.3 is 0 Å². The summed E-state index contributed by atoms with van der Waals surface area (Å²) in [6, 6.07) is 14.6. The molecule has 4 N–H and O–H groups in total. The zero-order chi connectivity index (χ0) is 21.2. The van der Waals surface area contributed by atoms with Gasteiger partial charge in [0.1, 0.15) is 5.82 Å². The molecule has 0 bridgehead atoms. The molecule has 0 aliphatic rings. The molecule has 0 saturated carbocycles. The minimum Gasteiger partial charge on any atom is -0.389 e. The second kappa shape index (κ2) is 11.3. The SMILES string of the molecule is CCNC(=NCC(O)COCc1ccccc1)NCCc1c[nH]c2cc(F)ccc12. The predicted octanol–water partition coefficient (Wildman–Crippen LogP) is 2.98. The van der Waals surface area contributed by atoms with Crippen LogP contribution >= 0.6 is 0 Å². The largest absolute Gasteiger partial charge is 0.389 e. The topological polar surface area (TPSA) is 81.7 Å². The third kappa shape index (κ3) is 6.57. The van der Waals surface area contributed by atoms with E-state index in [0.29, 0.717) is 19.1 Å². The molecule has 1 aromatic heterocycles. The Morgan fingerprint density at radius 2 is 2.03 bits per heavy atom. The minimum absolute atomic E-state index is 0.226. The summed E-state index contributed by atoms with van der Waals surface area (Å²) < 4.78 is 18.9. The molecule has 0 saturated heterocycles. The molecule has 1 atom stereocenters. The van der Waals surface area contributed by atoms with Crippen molar-refractivity contribution < 1.29 is 14.2 Å². The van der Waals surface area contributed by atoms with Gasteiger partial charge in [0.2, 0.25) is 0 Å². The van der Waals surface area contributed by atoms with Crippen molar-refractivity contribution in [3.8, 4) is 0 Å². The van der Waals surface area contributed by atoms with Crippen molar-refractivity contribution in [2.75, 3.05) is 26.2 Å². The Labute approximate surface area is 176 Å². The molecule has 0 aliphatic carbocycles. The average molecular weight is 413 g/mol. The van der Waals surface area contributed by atoms with E-state index in [-0.39, 0.29) is 19.0 Å². The number of H-pyrrole nitrogens is 1. The average Bonchev–Trinajstić information content (AvgIpc) is 3.14. The van der Waals surface area contributed by atoms with Crippen LogP contribution in [0.3, 0.4) is 0 Å².